The molecule has 0 bridgehead atoms. The third-order valence-electron chi connectivity index (χ3n) is 10.6. The lowest BCUT2D eigenvalue weighted by Crippen LogP contribution is -2.59. The second-order valence-electron chi connectivity index (χ2n) is 14.0. The third kappa shape index (κ3) is 5.14. The average Bonchev–Trinajstić information content (AvgIpc) is 3.72. The number of nitrogens with one attached hydrogen (secondary N) is 2. The molecule has 244 valence electrons. The number of carbonyl (C=O) groups excluding carboxylic acids is 2. The zero-order valence-corrected chi connectivity index (χ0v) is 27.7. The number of benzene rings is 3. The van der Waals surface area contributed by atoms with Crippen molar-refractivity contribution in [3.05, 3.63) is 93.5 Å². The maximum atomic E-state index is 16.2. The normalized spacial score (nSPS) is 26.4. The molecule has 4 heterocycles. The van der Waals surface area contributed by atoms with Crippen molar-refractivity contribution in [2.75, 3.05) is 25.1 Å². The van der Waals surface area contributed by atoms with Crippen LogP contribution in [0.2, 0.25) is 10.0 Å². The van der Waals surface area contributed by atoms with Gasteiger partial charge >= 0.3 is 0 Å². The second-order valence-corrected chi connectivity index (χ2v) is 14.9. The van der Waals surface area contributed by atoms with E-state index >= 15 is 4.39 Å². The van der Waals surface area contributed by atoms with Crippen LogP contribution in [-0.4, -0.2) is 63.1 Å². The van der Waals surface area contributed by atoms with Gasteiger partial charge in [0.15, 0.2) is 0 Å². The van der Waals surface area contributed by atoms with Gasteiger partial charge in [0.2, 0.25) is 5.91 Å². The quantitative estimate of drug-likeness (QED) is 0.226. The molecule has 2 N–H and O–H groups in total. The summed E-state index contributed by atoms with van der Waals surface area (Å²) in [5, 5.41) is 6.73. The van der Waals surface area contributed by atoms with Crippen LogP contribution in [0.1, 0.15) is 66.7 Å². The predicted octanol–water partition coefficient (Wildman–Crippen LogP) is 6.76. The van der Waals surface area contributed by atoms with E-state index in [0.717, 1.165) is 37.1 Å². The molecule has 1 saturated carbocycles. The van der Waals surface area contributed by atoms with E-state index in [4.69, 9.17) is 32.9 Å². The molecule has 1 aromatic heterocycles. The molecule has 8 nitrogen and oxygen atoms in total. The fraction of sp³-hybridized carbons (Fsp3) is 0.417. The number of fused-ring (bicyclic) bond motifs is 5. The average molecular weight is 677 g/mol. The summed E-state index contributed by atoms with van der Waals surface area (Å²) in [5.41, 5.74) is 1.56. The van der Waals surface area contributed by atoms with Crippen LogP contribution in [0, 0.1) is 11.7 Å². The van der Waals surface area contributed by atoms with E-state index in [1.807, 2.05) is 32.0 Å². The Morgan fingerprint density at radius 2 is 1.83 bits per heavy atom. The second kappa shape index (κ2) is 11.3. The lowest BCUT2D eigenvalue weighted by atomic mass is 9.73. The molecule has 4 aromatic rings. The van der Waals surface area contributed by atoms with Crippen molar-refractivity contribution in [3.63, 3.8) is 0 Å². The van der Waals surface area contributed by atoms with Crippen LogP contribution in [0.4, 0.5) is 10.1 Å². The van der Waals surface area contributed by atoms with Crippen molar-refractivity contribution in [3.8, 4) is 0 Å². The highest BCUT2D eigenvalue weighted by Gasteiger charge is 2.63. The SMILES string of the molecule is CC1(NC(=O)c2ccc3c(c2)nc2n3CC[C@H]3[C@@H]2[C@H](c2cccc(Cl)c2F)[C@](C)(C(=O)Nc2cccc(Cl)c2)N3CC2CC2)COC1. The highest BCUT2D eigenvalue weighted by molar-refractivity contribution is 6.31. The van der Waals surface area contributed by atoms with E-state index in [9.17, 15) is 9.59 Å². The van der Waals surface area contributed by atoms with Gasteiger partial charge in [0.25, 0.3) is 5.91 Å². The first kappa shape index (κ1) is 30.8. The molecule has 3 aliphatic heterocycles. The van der Waals surface area contributed by atoms with Crippen LogP contribution in [0.3, 0.4) is 0 Å². The predicted molar refractivity (Wildman–Crippen MR) is 180 cm³/mol. The van der Waals surface area contributed by atoms with E-state index in [1.165, 1.54) is 6.07 Å². The van der Waals surface area contributed by atoms with Crippen molar-refractivity contribution in [2.24, 2.45) is 5.92 Å². The molecule has 2 saturated heterocycles. The van der Waals surface area contributed by atoms with Crippen molar-refractivity contribution in [2.45, 2.75) is 68.6 Å². The molecule has 8 rings (SSSR count). The van der Waals surface area contributed by atoms with Crippen molar-refractivity contribution in [1.82, 2.24) is 19.8 Å². The minimum atomic E-state index is -1.15. The lowest BCUT2D eigenvalue weighted by Gasteiger charge is -2.40. The Labute approximate surface area is 282 Å². The summed E-state index contributed by atoms with van der Waals surface area (Å²) in [4.78, 5) is 35.4. The van der Waals surface area contributed by atoms with Crippen LogP contribution in [0.25, 0.3) is 11.0 Å². The molecule has 47 heavy (non-hydrogen) atoms. The van der Waals surface area contributed by atoms with Crippen LogP contribution in [0.5, 0.6) is 0 Å². The number of halogens is 3. The number of amides is 2. The van der Waals surface area contributed by atoms with Crippen molar-refractivity contribution < 1.29 is 18.7 Å². The third-order valence-corrected chi connectivity index (χ3v) is 11.2. The Morgan fingerprint density at radius 1 is 1.04 bits per heavy atom. The van der Waals surface area contributed by atoms with E-state index in [1.54, 1.807) is 36.4 Å². The molecule has 0 unspecified atom stereocenters. The summed E-state index contributed by atoms with van der Waals surface area (Å²) >= 11 is 12.7. The molecule has 3 fully saturated rings. The Kier molecular flexibility index (Phi) is 7.40. The Hall–Kier alpha value is -3.50. The fourth-order valence-electron chi connectivity index (χ4n) is 8.07. The Balaban J connectivity index is 1.26. The van der Waals surface area contributed by atoms with Gasteiger partial charge in [-0.15, -0.1) is 0 Å². The zero-order chi connectivity index (χ0) is 32.7. The molecule has 11 heteroatoms. The molecule has 0 radical (unpaired) electrons. The number of anilines is 1. The summed E-state index contributed by atoms with van der Waals surface area (Å²) in [6.07, 6.45) is 2.96. The molecule has 4 atom stereocenters. The van der Waals surface area contributed by atoms with Crippen LogP contribution in [0.15, 0.2) is 60.7 Å². The van der Waals surface area contributed by atoms with Gasteiger partial charge in [0.05, 0.1) is 34.8 Å². The summed E-state index contributed by atoms with van der Waals surface area (Å²) in [6.45, 7) is 6.28. The highest BCUT2D eigenvalue weighted by atomic mass is 35.5. The van der Waals surface area contributed by atoms with E-state index in [-0.39, 0.29) is 34.3 Å². The van der Waals surface area contributed by atoms with Crippen LogP contribution in [-0.2, 0) is 16.1 Å². The van der Waals surface area contributed by atoms with Gasteiger partial charge in [-0.25, -0.2) is 9.37 Å². The highest BCUT2D eigenvalue weighted by Crippen LogP contribution is 2.58. The smallest absolute Gasteiger partial charge is 0.251 e. The number of ether oxygens (including phenoxy) is 1. The van der Waals surface area contributed by atoms with E-state index in [2.05, 4.69) is 20.1 Å². The number of imidazole rings is 1. The summed E-state index contributed by atoms with van der Waals surface area (Å²) in [5.74, 6) is -0.591. The number of rotatable bonds is 7. The van der Waals surface area contributed by atoms with E-state index in [0.29, 0.717) is 53.0 Å². The number of hydrogen-bond acceptors (Lipinski definition) is 5. The van der Waals surface area contributed by atoms with Crippen molar-refractivity contribution >= 4 is 51.7 Å². The van der Waals surface area contributed by atoms with Gasteiger partial charge < -0.3 is 19.9 Å². The van der Waals surface area contributed by atoms with Crippen molar-refractivity contribution in [1.29, 1.82) is 0 Å². The van der Waals surface area contributed by atoms with Crippen LogP contribution < -0.4 is 10.6 Å². The molecule has 4 aliphatic rings. The first-order valence-electron chi connectivity index (χ1n) is 16.2. The molecular formula is C36H36Cl2FN5O3. The molecule has 3 aromatic carbocycles. The molecule has 0 spiro atoms. The number of hydrogen-bond donors (Lipinski definition) is 2. The fourth-order valence-corrected chi connectivity index (χ4v) is 8.44. The number of aryl methyl sites for hydroxylation is 1. The van der Waals surface area contributed by atoms with Gasteiger partial charge in [-0.05, 0) is 87.1 Å². The number of nitrogens with zero attached hydrogens (tertiary/aromatic N) is 3. The standard InChI is InChI=1S/C36H36Cl2FN5O3/c1-35(18-47-19-35)42-33(45)21-11-12-27-26(15-21)41-32-29-28(13-14-43(27)32)44(17-20-9-10-20)36(2,30(29)24-7-4-8-25(38)31(24)39)34(46)40-23-6-3-5-22(37)16-23/h3-8,11-12,15-16,20,28-30H,9-10,13-14,17-19H2,1-2H3,(H,40,46)(H,42,45)/t28-,29+,30-,36+/m0/s1. The topological polar surface area (TPSA) is 88.5 Å². The zero-order valence-electron chi connectivity index (χ0n) is 26.2. The number of aromatic nitrogens is 2. The van der Waals surface area contributed by atoms with Gasteiger partial charge in [-0.2, -0.15) is 0 Å². The van der Waals surface area contributed by atoms with Crippen LogP contribution >= 0.6 is 23.2 Å². The van der Waals surface area contributed by atoms with Gasteiger partial charge in [-0.3, -0.25) is 14.5 Å². The Bertz CT molecular complexity index is 1920. The van der Waals surface area contributed by atoms with Gasteiger partial charge in [-0.1, -0.05) is 41.4 Å². The first-order valence-corrected chi connectivity index (χ1v) is 17.0. The maximum Gasteiger partial charge on any atom is 0.251 e. The maximum absolute atomic E-state index is 16.2. The lowest BCUT2D eigenvalue weighted by molar-refractivity contribution is -0.127. The summed E-state index contributed by atoms with van der Waals surface area (Å²) in [7, 11) is 0. The number of carbonyl (C=O) groups is 2. The minimum absolute atomic E-state index is 0.0165. The summed E-state index contributed by atoms with van der Waals surface area (Å²) in [6, 6.07) is 17.6. The molecule has 1 aliphatic carbocycles. The Morgan fingerprint density at radius 3 is 2.55 bits per heavy atom. The first-order chi connectivity index (χ1) is 22.6. The largest absolute Gasteiger partial charge is 0.376 e. The minimum Gasteiger partial charge on any atom is -0.376 e. The van der Waals surface area contributed by atoms with E-state index < -0.39 is 17.3 Å². The molecule has 2 amide bonds. The van der Waals surface area contributed by atoms with Gasteiger partial charge in [0, 0.05) is 47.2 Å². The monoisotopic (exact) mass is 675 g/mol. The summed E-state index contributed by atoms with van der Waals surface area (Å²) < 4.78 is 23.7. The molecular weight excluding hydrogens is 640 g/mol. The number of likely N-dealkylation sites (tertiary alicyclic amines) is 1. The van der Waals surface area contributed by atoms with Gasteiger partial charge in [0.1, 0.15) is 17.2 Å².